The Bertz CT molecular complexity index is 330. The lowest BCUT2D eigenvalue weighted by atomic mass is 9.80. The third-order valence-corrected chi connectivity index (χ3v) is 2.82. The molecular formula is C11H18N2O3. The first-order chi connectivity index (χ1) is 7.46. The van der Waals surface area contributed by atoms with E-state index in [-0.39, 0.29) is 18.0 Å². The molecule has 0 radical (unpaired) electrons. The Morgan fingerprint density at radius 3 is 2.25 bits per heavy atom. The van der Waals surface area contributed by atoms with E-state index < -0.39 is 11.3 Å². The van der Waals surface area contributed by atoms with E-state index in [0.717, 1.165) is 0 Å². The van der Waals surface area contributed by atoms with Crippen LogP contribution in [0, 0.1) is 5.41 Å². The molecule has 1 aliphatic rings. The molecule has 0 saturated heterocycles. The largest absolute Gasteiger partial charge is 0.462 e. The molecule has 0 saturated carbocycles. The van der Waals surface area contributed by atoms with Crippen LogP contribution in [0.25, 0.3) is 0 Å². The summed E-state index contributed by atoms with van der Waals surface area (Å²) in [5.41, 5.74) is -1.01. The van der Waals surface area contributed by atoms with E-state index in [1.54, 1.807) is 13.8 Å². The summed E-state index contributed by atoms with van der Waals surface area (Å²) in [4.78, 5) is 27.5. The van der Waals surface area contributed by atoms with Gasteiger partial charge < -0.3 is 4.74 Å². The highest BCUT2D eigenvalue weighted by atomic mass is 16.5. The highest BCUT2D eigenvalue weighted by molar-refractivity contribution is 6.16. The number of hydrogen-bond acceptors (Lipinski definition) is 3. The molecular weight excluding hydrogens is 208 g/mol. The van der Waals surface area contributed by atoms with Crippen molar-refractivity contribution in [3.8, 4) is 0 Å². The molecule has 16 heavy (non-hydrogen) atoms. The van der Waals surface area contributed by atoms with Crippen LogP contribution >= 0.6 is 0 Å². The Morgan fingerprint density at radius 2 is 1.88 bits per heavy atom. The van der Waals surface area contributed by atoms with E-state index >= 15 is 0 Å². The minimum absolute atomic E-state index is 0.0162. The number of carbonyl (C=O) groups excluding carboxylic acids is 2. The second-order valence-corrected chi connectivity index (χ2v) is 4.13. The van der Waals surface area contributed by atoms with Crippen LogP contribution in [0.3, 0.4) is 0 Å². The second kappa shape index (κ2) is 4.63. The van der Waals surface area contributed by atoms with Crippen molar-refractivity contribution >= 4 is 17.8 Å². The van der Waals surface area contributed by atoms with E-state index in [1.165, 1.54) is 0 Å². The Hall–Kier alpha value is -1.39. The van der Waals surface area contributed by atoms with E-state index in [0.29, 0.717) is 12.8 Å². The van der Waals surface area contributed by atoms with Crippen molar-refractivity contribution in [2.45, 2.75) is 46.6 Å². The van der Waals surface area contributed by atoms with Gasteiger partial charge in [-0.15, -0.1) is 0 Å². The Kier molecular flexibility index (Phi) is 3.67. The summed E-state index contributed by atoms with van der Waals surface area (Å²) in [6, 6.07) is 0.0162. The molecule has 0 aromatic heterocycles. The van der Waals surface area contributed by atoms with Crippen LogP contribution < -0.4 is 5.32 Å². The normalized spacial score (nSPS) is 19.4. The number of amidine groups is 1. The molecule has 0 fully saturated rings. The topological polar surface area (TPSA) is 67.8 Å². The van der Waals surface area contributed by atoms with Gasteiger partial charge in [0, 0.05) is 0 Å². The van der Waals surface area contributed by atoms with Crippen LogP contribution in [0.1, 0.15) is 40.5 Å². The molecule has 1 rings (SSSR count). The van der Waals surface area contributed by atoms with Gasteiger partial charge in [0.1, 0.15) is 5.41 Å². The van der Waals surface area contributed by atoms with Gasteiger partial charge in [-0.05, 0) is 26.7 Å². The first-order valence-electron chi connectivity index (χ1n) is 5.57. The van der Waals surface area contributed by atoms with Gasteiger partial charge in [0.15, 0.2) is 0 Å². The molecule has 0 bridgehead atoms. The summed E-state index contributed by atoms with van der Waals surface area (Å²) in [6.45, 7) is 7.23. The molecule has 0 aliphatic carbocycles. The predicted octanol–water partition coefficient (Wildman–Crippen LogP) is 1.23. The number of rotatable bonds is 3. The minimum Gasteiger partial charge on any atom is -0.462 e. The third-order valence-electron chi connectivity index (χ3n) is 2.82. The molecule has 2 amide bonds. The fraction of sp³-hybridized carbons (Fsp3) is 0.727. The number of ether oxygens (including phenoxy) is 1. The van der Waals surface area contributed by atoms with Crippen molar-refractivity contribution in [2.24, 2.45) is 10.4 Å². The molecule has 90 valence electrons. The zero-order valence-electron chi connectivity index (χ0n) is 10.2. The highest BCUT2D eigenvalue weighted by Gasteiger charge is 2.46. The highest BCUT2D eigenvalue weighted by Crippen LogP contribution is 2.30. The maximum atomic E-state index is 11.9. The van der Waals surface area contributed by atoms with Crippen LogP contribution in [0.5, 0.6) is 0 Å². The summed E-state index contributed by atoms with van der Waals surface area (Å²) in [7, 11) is 0. The average molecular weight is 226 g/mol. The van der Waals surface area contributed by atoms with Crippen molar-refractivity contribution in [3.05, 3.63) is 0 Å². The number of hydrogen-bond donors (Lipinski definition) is 1. The van der Waals surface area contributed by atoms with Crippen molar-refractivity contribution in [1.29, 1.82) is 0 Å². The molecule has 0 unspecified atom stereocenters. The Labute approximate surface area is 95.3 Å². The number of aliphatic imine (C=N–C) groups is 1. The van der Waals surface area contributed by atoms with Gasteiger partial charge in [0.05, 0.1) is 6.10 Å². The minimum atomic E-state index is -1.01. The van der Waals surface area contributed by atoms with E-state index in [4.69, 9.17) is 4.74 Å². The lowest BCUT2D eigenvalue weighted by Crippen LogP contribution is -2.53. The van der Waals surface area contributed by atoms with Gasteiger partial charge in [-0.25, -0.2) is 0 Å². The van der Waals surface area contributed by atoms with Crippen molar-refractivity contribution < 1.29 is 14.3 Å². The summed E-state index contributed by atoms with van der Waals surface area (Å²) >= 11 is 0. The molecule has 5 heteroatoms. The zero-order valence-corrected chi connectivity index (χ0v) is 10.2. The maximum absolute atomic E-state index is 11.9. The summed E-state index contributed by atoms with van der Waals surface area (Å²) in [5.74, 6) is -0.718. The van der Waals surface area contributed by atoms with E-state index in [2.05, 4.69) is 10.3 Å². The molecule has 5 nitrogen and oxygen atoms in total. The standard InChI is InChI=1S/C11H18N2O3/c1-5-11(6-2)8(14)12-10(13-9(11)15)16-7(3)4/h7H,5-6H2,1-4H3,(H,12,13,14,15). The SMILES string of the molecule is CCC1(CC)C(=O)N=C(OC(C)C)NC1=O. The third kappa shape index (κ3) is 2.08. The smallest absolute Gasteiger partial charge is 0.299 e. The number of amides is 2. The van der Waals surface area contributed by atoms with E-state index in [1.807, 2.05) is 13.8 Å². The van der Waals surface area contributed by atoms with Gasteiger partial charge in [-0.2, -0.15) is 4.99 Å². The van der Waals surface area contributed by atoms with Gasteiger partial charge in [0.25, 0.3) is 11.9 Å². The van der Waals surface area contributed by atoms with Crippen LogP contribution in [0.15, 0.2) is 4.99 Å². The molecule has 0 aromatic rings. The molecule has 0 atom stereocenters. The molecule has 0 aromatic carbocycles. The second-order valence-electron chi connectivity index (χ2n) is 4.13. The Balaban J connectivity index is 2.97. The quantitative estimate of drug-likeness (QED) is 0.736. The fourth-order valence-electron chi connectivity index (χ4n) is 1.69. The lowest BCUT2D eigenvalue weighted by molar-refractivity contribution is -0.142. The number of carbonyl (C=O) groups is 2. The van der Waals surface area contributed by atoms with Crippen molar-refractivity contribution in [1.82, 2.24) is 5.32 Å². The number of nitrogens with zero attached hydrogens (tertiary/aromatic N) is 1. The summed E-state index contributed by atoms with van der Waals surface area (Å²) < 4.78 is 5.21. The van der Waals surface area contributed by atoms with Gasteiger partial charge >= 0.3 is 0 Å². The lowest BCUT2D eigenvalue weighted by Gasteiger charge is -2.30. The van der Waals surface area contributed by atoms with Crippen molar-refractivity contribution in [2.75, 3.05) is 0 Å². The number of nitrogens with one attached hydrogen (secondary N) is 1. The Morgan fingerprint density at radius 1 is 1.31 bits per heavy atom. The average Bonchev–Trinajstić information content (AvgIpc) is 2.17. The molecule has 0 spiro atoms. The first kappa shape index (κ1) is 12.7. The van der Waals surface area contributed by atoms with Crippen LogP contribution in [-0.4, -0.2) is 23.9 Å². The van der Waals surface area contributed by atoms with Gasteiger partial charge in [-0.1, -0.05) is 13.8 Å². The molecule has 1 aliphatic heterocycles. The van der Waals surface area contributed by atoms with Gasteiger partial charge in [0.2, 0.25) is 5.91 Å². The van der Waals surface area contributed by atoms with E-state index in [9.17, 15) is 9.59 Å². The fourth-order valence-corrected chi connectivity index (χ4v) is 1.69. The zero-order chi connectivity index (χ0) is 12.3. The van der Waals surface area contributed by atoms with Crippen LogP contribution in [-0.2, 0) is 14.3 Å². The maximum Gasteiger partial charge on any atom is 0.299 e. The molecule has 1 N–H and O–H groups in total. The van der Waals surface area contributed by atoms with Gasteiger partial charge in [-0.3, -0.25) is 14.9 Å². The summed E-state index contributed by atoms with van der Waals surface area (Å²) in [6.07, 6.45) is 0.779. The monoisotopic (exact) mass is 226 g/mol. The molecule has 1 heterocycles. The van der Waals surface area contributed by atoms with Crippen LogP contribution in [0.2, 0.25) is 0 Å². The first-order valence-corrected chi connectivity index (χ1v) is 5.57. The van der Waals surface area contributed by atoms with Crippen molar-refractivity contribution in [3.63, 3.8) is 0 Å². The summed E-state index contributed by atoms with van der Waals surface area (Å²) in [5, 5.41) is 2.54. The van der Waals surface area contributed by atoms with Crippen LogP contribution in [0.4, 0.5) is 0 Å². The predicted molar refractivity (Wildman–Crippen MR) is 59.8 cm³/mol.